The Hall–Kier alpha value is -4.35. The van der Waals surface area contributed by atoms with Crippen LogP contribution in [0.2, 0.25) is 5.02 Å². The summed E-state index contributed by atoms with van der Waals surface area (Å²) in [5.74, 6) is -0.148. The van der Waals surface area contributed by atoms with Crippen LogP contribution >= 0.6 is 22.9 Å². The molecule has 4 heterocycles. The van der Waals surface area contributed by atoms with Crippen molar-refractivity contribution in [3.8, 4) is 11.3 Å². The van der Waals surface area contributed by atoms with Crippen molar-refractivity contribution in [3.05, 3.63) is 112 Å². The predicted octanol–water partition coefficient (Wildman–Crippen LogP) is 4.01. The highest BCUT2D eigenvalue weighted by Gasteiger charge is 2.35. The summed E-state index contributed by atoms with van der Waals surface area (Å²) in [6.45, 7) is 3.47. The van der Waals surface area contributed by atoms with Crippen molar-refractivity contribution < 1.29 is 18.9 Å². The number of allylic oxidation sites excluding steroid dienone is 1. The van der Waals surface area contributed by atoms with Crippen molar-refractivity contribution in [2.24, 2.45) is 4.99 Å². The van der Waals surface area contributed by atoms with Crippen LogP contribution in [0.15, 0.2) is 80.3 Å². The second-order valence-electron chi connectivity index (χ2n) is 8.21. The molecule has 10 nitrogen and oxygen atoms in total. The van der Waals surface area contributed by atoms with E-state index in [1.807, 2.05) is 6.07 Å². The zero-order valence-corrected chi connectivity index (χ0v) is 21.7. The summed E-state index contributed by atoms with van der Waals surface area (Å²) in [4.78, 5) is 46.4. The highest BCUT2D eigenvalue weighted by Crippen LogP contribution is 2.37. The first kappa shape index (κ1) is 25.3. The van der Waals surface area contributed by atoms with E-state index in [0.29, 0.717) is 20.6 Å². The topological polar surface area (TPSA) is 130 Å². The average Bonchev–Trinajstić information content (AvgIpc) is 3.49. The third kappa shape index (κ3) is 4.57. The number of non-ortho nitro benzene ring substituents is 1. The Morgan fingerprint density at radius 1 is 1.32 bits per heavy atom. The van der Waals surface area contributed by atoms with Gasteiger partial charge in [-0.1, -0.05) is 29.0 Å². The van der Waals surface area contributed by atoms with E-state index in [4.69, 9.17) is 20.8 Å². The largest absolute Gasteiger partial charge is 0.463 e. The number of halogens is 1. The number of hydrogen-bond acceptors (Lipinski definition) is 9. The van der Waals surface area contributed by atoms with Crippen LogP contribution in [0.1, 0.15) is 31.2 Å². The number of nitrogens with zero attached hydrogens (tertiary/aromatic N) is 4. The molecule has 3 aromatic heterocycles. The van der Waals surface area contributed by atoms with Gasteiger partial charge in [-0.05, 0) is 49.8 Å². The number of benzene rings is 1. The second-order valence-corrected chi connectivity index (χ2v) is 9.63. The lowest BCUT2D eigenvalue weighted by molar-refractivity contribution is -0.384. The third-order valence-corrected chi connectivity index (χ3v) is 7.13. The third-order valence-electron chi connectivity index (χ3n) is 5.82. The van der Waals surface area contributed by atoms with Crippen molar-refractivity contribution in [2.45, 2.75) is 19.9 Å². The molecule has 0 spiro atoms. The van der Waals surface area contributed by atoms with Gasteiger partial charge in [0.2, 0.25) is 0 Å². The molecule has 1 atom stereocenters. The van der Waals surface area contributed by atoms with Crippen LogP contribution in [-0.2, 0) is 9.53 Å². The highest BCUT2D eigenvalue weighted by atomic mass is 35.5. The summed E-state index contributed by atoms with van der Waals surface area (Å²) < 4.78 is 13.2. The second kappa shape index (κ2) is 10.2. The van der Waals surface area contributed by atoms with Crippen LogP contribution in [0.25, 0.3) is 17.4 Å². The van der Waals surface area contributed by atoms with E-state index >= 15 is 0 Å². The predicted molar refractivity (Wildman–Crippen MR) is 140 cm³/mol. The fourth-order valence-corrected chi connectivity index (χ4v) is 5.39. The van der Waals surface area contributed by atoms with Gasteiger partial charge in [0.05, 0.1) is 32.4 Å². The van der Waals surface area contributed by atoms with Gasteiger partial charge < -0.3 is 9.15 Å². The fourth-order valence-electron chi connectivity index (χ4n) is 4.13. The zero-order valence-electron chi connectivity index (χ0n) is 20.1. The van der Waals surface area contributed by atoms with E-state index in [0.717, 1.165) is 5.56 Å². The van der Waals surface area contributed by atoms with E-state index in [9.17, 15) is 19.7 Å². The lowest BCUT2D eigenvalue weighted by atomic mass is 10.0. The number of aromatic nitrogens is 2. The molecule has 192 valence electrons. The lowest BCUT2D eigenvalue weighted by Gasteiger charge is -2.22. The first-order chi connectivity index (χ1) is 18.3. The molecule has 0 aliphatic carbocycles. The van der Waals surface area contributed by atoms with Crippen LogP contribution in [0.3, 0.4) is 0 Å². The molecule has 0 saturated heterocycles. The van der Waals surface area contributed by atoms with E-state index in [1.54, 1.807) is 50.5 Å². The van der Waals surface area contributed by atoms with Crippen molar-refractivity contribution in [1.82, 2.24) is 9.55 Å². The quantitative estimate of drug-likeness (QED) is 0.201. The van der Waals surface area contributed by atoms with Gasteiger partial charge in [0.15, 0.2) is 4.80 Å². The number of thiazole rings is 1. The molecule has 0 saturated carbocycles. The van der Waals surface area contributed by atoms with E-state index in [-0.39, 0.29) is 40.0 Å². The molecular formula is C26H19ClN4O6S. The number of pyridine rings is 1. The number of ether oxygens (including phenoxy) is 1. The zero-order chi connectivity index (χ0) is 27.0. The molecule has 38 heavy (non-hydrogen) atoms. The molecule has 5 rings (SSSR count). The molecule has 0 radical (unpaired) electrons. The van der Waals surface area contributed by atoms with Gasteiger partial charge in [0, 0.05) is 30.1 Å². The lowest BCUT2D eigenvalue weighted by Crippen LogP contribution is -2.39. The van der Waals surface area contributed by atoms with Crippen LogP contribution in [0, 0.1) is 10.1 Å². The van der Waals surface area contributed by atoms with Gasteiger partial charge in [-0.15, -0.1) is 0 Å². The Morgan fingerprint density at radius 3 is 2.84 bits per heavy atom. The standard InChI is InChI=1S/C26H19ClN4O6S/c1-3-36-25(33)22-14(2)29-26-30(24(32)21(38-26)11-15-5-4-10-28-13-15)23(22)20-9-8-19(37-20)17-12-16(31(34)35)6-7-18(17)27/h4-13,23H,3H2,1-2H3/b21-11-/t23-/m0/s1. The number of carbonyl (C=O) groups excluding carboxylic acids is 1. The first-order valence-corrected chi connectivity index (χ1v) is 12.6. The van der Waals surface area contributed by atoms with Gasteiger partial charge in [-0.2, -0.15) is 0 Å². The Kier molecular flexibility index (Phi) is 6.79. The van der Waals surface area contributed by atoms with Crippen LogP contribution in [0.5, 0.6) is 0 Å². The van der Waals surface area contributed by atoms with Gasteiger partial charge in [-0.3, -0.25) is 24.5 Å². The smallest absolute Gasteiger partial charge is 0.338 e. The minimum atomic E-state index is -0.979. The summed E-state index contributed by atoms with van der Waals surface area (Å²) in [7, 11) is 0. The van der Waals surface area contributed by atoms with Crippen molar-refractivity contribution >= 4 is 40.7 Å². The maximum atomic E-state index is 13.6. The van der Waals surface area contributed by atoms with Gasteiger partial charge in [0.25, 0.3) is 11.2 Å². The summed E-state index contributed by atoms with van der Waals surface area (Å²) in [5, 5.41) is 11.5. The summed E-state index contributed by atoms with van der Waals surface area (Å²) >= 11 is 7.49. The Morgan fingerprint density at radius 2 is 2.13 bits per heavy atom. The normalized spacial score (nSPS) is 15.2. The van der Waals surface area contributed by atoms with Crippen molar-refractivity contribution in [3.63, 3.8) is 0 Å². The number of rotatable bonds is 6. The fraction of sp³-hybridized carbons (Fsp3) is 0.154. The molecule has 12 heteroatoms. The first-order valence-electron chi connectivity index (χ1n) is 11.4. The van der Waals surface area contributed by atoms with Crippen molar-refractivity contribution in [2.75, 3.05) is 6.61 Å². The van der Waals surface area contributed by atoms with Crippen LogP contribution in [0.4, 0.5) is 5.69 Å². The number of furan rings is 1. The molecule has 1 aliphatic heterocycles. The summed E-state index contributed by atoms with van der Waals surface area (Å²) in [5.41, 5.74) is 1.04. The molecule has 0 bridgehead atoms. The highest BCUT2D eigenvalue weighted by molar-refractivity contribution is 7.07. The maximum absolute atomic E-state index is 13.6. The summed E-state index contributed by atoms with van der Waals surface area (Å²) in [6.07, 6.45) is 4.97. The average molecular weight is 551 g/mol. The minimum Gasteiger partial charge on any atom is -0.463 e. The number of nitro benzene ring substituents is 1. The van der Waals surface area contributed by atoms with Crippen LogP contribution < -0.4 is 14.9 Å². The van der Waals surface area contributed by atoms with E-state index in [1.165, 1.54) is 34.1 Å². The molecule has 4 aromatic rings. The molecule has 1 aromatic carbocycles. The van der Waals surface area contributed by atoms with E-state index < -0.39 is 16.9 Å². The Labute approximate surface area is 224 Å². The maximum Gasteiger partial charge on any atom is 0.338 e. The SMILES string of the molecule is CCOC(=O)C1=C(C)N=c2s/c(=C\c3cccnc3)c(=O)n2[C@H]1c1ccc(-c2cc([N+](=O)[O-])ccc2Cl)o1. The molecular weight excluding hydrogens is 532 g/mol. The number of hydrogen-bond donors (Lipinski definition) is 0. The summed E-state index contributed by atoms with van der Waals surface area (Å²) in [6, 6.07) is 9.80. The molecule has 0 fully saturated rings. The molecule has 0 amide bonds. The van der Waals surface area contributed by atoms with Crippen LogP contribution in [-0.4, -0.2) is 27.1 Å². The number of carbonyl (C=O) groups is 1. The minimum absolute atomic E-state index is 0.125. The van der Waals surface area contributed by atoms with Gasteiger partial charge in [0.1, 0.15) is 17.6 Å². The Bertz CT molecular complexity index is 1790. The number of fused-ring (bicyclic) bond motifs is 1. The monoisotopic (exact) mass is 550 g/mol. The van der Waals surface area contributed by atoms with E-state index in [2.05, 4.69) is 9.98 Å². The molecule has 0 N–H and O–H groups in total. The van der Waals surface area contributed by atoms with Gasteiger partial charge >= 0.3 is 5.97 Å². The molecule has 1 aliphatic rings. The number of nitro groups is 1. The number of esters is 1. The van der Waals surface area contributed by atoms with Crippen molar-refractivity contribution in [1.29, 1.82) is 0 Å². The van der Waals surface area contributed by atoms with Gasteiger partial charge in [-0.25, -0.2) is 9.79 Å². The molecule has 0 unspecified atom stereocenters. The Balaban J connectivity index is 1.70.